The molecule has 8 nitrogen and oxygen atoms in total. The van der Waals surface area contributed by atoms with Gasteiger partial charge in [-0.25, -0.2) is 5.01 Å². The Hall–Kier alpha value is -1.71. The van der Waals surface area contributed by atoms with E-state index in [0.29, 0.717) is 12.5 Å². The Balaban J connectivity index is 0.000000463. The maximum atomic E-state index is 10.6. The number of carbonyl (C=O) groups is 1. The molecule has 0 heterocycles. The average molecular weight is 346 g/mol. The molecule has 2 N–H and O–H groups in total. The molecule has 9 heteroatoms. The van der Waals surface area contributed by atoms with Crippen LogP contribution >= 0.6 is 0 Å². The van der Waals surface area contributed by atoms with Crippen molar-refractivity contribution in [1.82, 2.24) is 5.43 Å². The van der Waals surface area contributed by atoms with Crippen molar-refractivity contribution in [1.29, 1.82) is 0 Å². The van der Waals surface area contributed by atoms with Crippen LogP contribution in [-0.2, 0) is 4.79 Å². The molecule has 1 aliphatic carbocycles. The Morgan fingerprint density at radius 3 is 2.26 bits per heavy atom. The lowest BCUT2D eigenvalue weighted by Gasteiger charge is -2.21. The van der Waals surface area contributed by atoms with E-state index in [0.717, 1.165) is 18.5 Å². The molecule has 0 spiro atoms. The maximum absolute atomic E-state index is 10.6. The van der Waals surface area contributed by atoms with Gasteiger partial charge >= 0.3 is 0 Å². The van der Waals surface area contributed by atoms with E-state index < -0.39 is 10.2 Å². The highest BCUT2D eigenvalue weighted by atomic mass is 35.7. The summed E-state index contributed by atoms with van der Waals surface area (Å²) in [6.07, 6.45) is 8.53. The lowest BCUT2D eigenvalue weighted by molar-refractivity contribution is -1.92. The number of hydrazine groups is 1. The molecule has 1 saturated carbocycles. The second-order valence-electron chi connectivity index (χ2n) is 4.90. The number of nitrogens with zero attached hydrogens (tertiary/aromatic N) is 2. The monoisotopic (exact) mass is 345 g/mol. The Morgan fingerprint density at radius 2 is 1.74 bits per heavy atom. The zero-order valence-corrected chi connectivity index (χ0v) is 13.3. The highest BCUT2D eigenvalue weighted by Gasteiger charge is 2.11. The van der Waals surface area contributed by atoms with Crippen molar-refractivity contribution < 1.29 is 33.7 Å². The van der Waals surface area contributed by atoms with Crippen molar-refractivity contribution in [3.05, 3.63) is 30.3 Å². The van der Waals surface area contributed by atoms with Gasteiger partial charge in [-0.2, -0.15) is 14.0 Å². The zero-order chi connectivity index (χ0) is 17.1. The summed E-state index contributed by atoms with van der Waals surface area (Å²) >= 11 is 0. The predicted molar refractivity (Wildman–Crippen MR) is 75.7 cm³/mol. The van der Waals surface area contributed by atoms with Crippen LogP contribution in [0.25, 0.3) is 0 Å². The minimum Gasteiger partial charge on any atom is -0.277 e. The first-order valence-electron chi connectivity index (χ1n) is 7.11. The lowest BCUT2D eigenvalue weighted by atomic mass is 9.96. The third-order valence-electron chi connectivity index (χ3n) is 3.19. The Bertz CT molecular complexity index is 469. The van der Waals surface area contributed by atoms with Crippen molar-refractivity contribution in [2.45, 2.75) is 38.1 Å². The fraction of sp³-hybridized carbons (Fsp3) is 0.429. The molecule has 0 saturated heterocycles. The number of amides is 1. The third kappa shape index (κ3) is 9.82. The quantitative estimate of drug-likeness (QED) is 0.285. The van der Waals surface area contributed by atoms with E-state index in [1.54, 1.807) is 11.3 Å². The molecule has 2 rings (SSSR count). The van der Waals surface area contributed by atoms with E-state index >= 15 is 0 Å². The molecule has 0 aliphatic heterocycles. The van der Waals surface area contributed by atoms with Gasteiger partial charge in [0.15, 0.2) is 0 Å². The summed E-state index contributed by atoms with van der Waals surface area (Å²) in [6.45, 7) is 0. The van der Waals surface area contributed by atoms with Gasteiger partial charge in [-0.15, -0.1) is 0 Å². The first-order valence-corrected chi connectivity index (χ1v) is 8.37. The second kappa shape index (κ2) is 10.1. The standard InChI is InChI=1S/C14H19N3O.ClHO4/c18-12-16-17(14-9-5-2-6-10-14)11-15-13-7-3-1-4-8-13;2-1(3,4)5/h2,5-6,9-13H,1,3-4,7-8H2,(H,16,18);(H,2,3,4,5). The average Bonchev–Trinajstić information content (AvgIpc) is 2.52. The van der Waals surface area contributed by atoms with Crippen molar-refractivity contribution in [3.8, 4) is 0 Å². The maximum Gasteiger partial charge on any atom is 0.226 e. The van der Waals surface area contributed by atoms with Gasteiger partial charge in [0.2, 0.25) is 6.41 Å². The summed E-state index contributed by atoms with van der Waals surface area (Å²) in [5.74, 6) is 0. The number of para-hydroxylation sites is 1. The number of carbonyl (C=O) groups excluding carboxylic acids is 1. The largest absolute Gasteiger partial charge is 0.277 e. The van der Waals surface area contributed by atoms with Gasteiger partial charge in [-0.05, 0) is 25.0 Å². The molecule has 1 aromatic rings. The summed E-state index contributed by atoms with van der Waals surface area (Å²) in [5.41, 5.74) is 3.55. The summed E-state index contributed by atoms with van der Waals surface area (Å²) in [4.78, 5) is 15.2. The lowest BCUT2D eigenvalue weighted by Crippen LogP contribution is -2.58. The van der Waals surface area contributed by atoms with Crippen molar-refractivity contribution in [2.24, 2.45) is 4.99 Å². The van der Waals surface area contributed by atoms with E-state index in [9.17, 15) is 4.79 Å². The van der Waals surface area contributed by atoms with E-state index in [1.807, 2.05) is 30.3 Å². The van der Waals surface area contributed by atoms with Crippen molar-refractivity contribution in [2.75, 3.05) is 5.01 Å². The SMILES string of the molecule is O=CNN(C=NC1CCCCC1)c1ccccc1.[O-][Cl+3]([O-])([O-])O. The molecule has 0 bridgehead atoms. The van der Waals surface area contributed by atoms with Gasteiger partial charge in [0, 0.05) is 0 Å². The molecular weight excluding hydrogens is 326 g/mol. The van der Waals surface area contributed by atoms with Gasteiger partial charge in [-0.1, -0.05) is 37.5 Å². The molecule has 1 amide bonds. The summed E-state index contributed by atoms with van der Waals surface area (Å²) in [6, 6.07) is 10.1. The third-order valence-corrected chi connectivity index (χ3v) is 3.19. The highest BCUT2D eigenvalue weighted by molar-refractivity contribution is 5.80. The smallest absolute Gasteiger partial charge is 0.226 e. The number of anilines is 1. The Morgan fingerprint density at radius 1 is 1.17 bits per heavy atom. The predicted octanol–water partition coefficient (Wildman–Crippen LogP) is -1.61. The van der Waals surface area contributed by atoms with Crippen LogP contribution in [0.4, 0.5) is 5.69 Å². The summed E-state index contributed by atoms with van der Waals surface area (Å²) < 4.78 is 32.7. The number of hydrogen-bond donors (Lipinski definition) is 2. The molecule has 23 heavy (non-hydrogen) atoms. The fourth-order valence-corrected chi connectivity index (χ4v) is 2.21. The molecule has 1 fully saturated rings. The number of rotatable bonds is 5. The first kappa shape index (κ1) is 19.3. The summed E-state index contributed by atoms with van der Waals surface area (Å²) in [7, 11) is -4.69. The topological polar surface area (TPSA) is 134 Å². The molecule has 0 unspecified atom stereocenters. The number of nitrogens with one attached hydrogen (secondary N) is 1. The van der Waals surface area contributed by atoms with Gasteiger partial charge in [-0.3, -0.25) is 15.2 Å². The van der Waals surface area contributed by atoms with Crippen LogP contribution < -0.4 is 24.4 Å². The molecule has 1 aromatic carbocycles. The number of hydrogen-bond acceptors (Lipinski definition) is 6. The van der Waals surface area contributed by atoms with Gasteiger partial charge < -0.3 is 0 Å². The molecule has 0 aromatic heterocycles. The molecule has 1 aliphatic rings. The molecule has 0 radical (unpaired) electrons. The van der Waals surface area contributed by atoms with Gasteiger partial charge in [0.05, 0.1) is 26.6 Å². The Labute approximate surface area is 136 Å². The highest BCUT2D eigenvalue weighted by Crippen LogP contribution is 2.20. The molecule has 128 valence electrons. The van der Waals surface area contributed by atoms with Crippen LogP contribution in [-0.4, -0.2) is 23.4 Å². The minimum absolute atomic E-state index is 0.401. The van der Waals surface area contributed by atoms with E-state index in [4.69, 9.17) is 18.6 Å². The van der Waals surface area contributed by atoms with Crippen LogP contribution in [0, 0.1) is 10.2 Å². The van der Waals surface area contributed by atoms with Crippen LogP contribution in [0.3, 0.4) is 0 Å². The zero-order valence-electron chi connectivity index (χ0n) is 12.5. The number of halogens is 1. The Kier molecular flexibility index (Phi) is 8.52. The number of benzene rings is 1. The van der Waals surface area contributed by atoms with Gasteiger partial charge in [0.25, 0.3) is 0 Å². The second-order valence-corrected chi connectivity index (χ2v) is 5.70. The van der Waals surface area contributed by atoms with Crippen LogP contribution in [0.1, 0.15) is 32.1 Å². The van der Waals surface area contributed by atoms with Gasteiger partial charge in [0.1, 0.15) is 6.34 Å². The van der Waals surface area contributed by atoms with E-state index in [2.05, 4.69) is 10.4 Å². The minimum atomic E-state index is -4.69. The molecular formula is C14H20ClN3O5. The van der Waals surface area contributed by atoms with Crippen LogP contribution in [0.2, 0.25) is 0 Å². The summed E-state index contributed by atoms with van der Waals surface area (Å²) in [5, 5.41) is 1.65. The fourth-order valence-electron chi connectivity index (χ4n) is 2.21. The van der Waals surface area contributed by atoms with Crippen LogP contribution in [0.15, 0.2) is 35.3 Å². The first-order chi connectivity index (χ1) is 10.9. The van der Waals surface area contributed by atoms with Crippen molar-refractivity contribution in [3.63, 3.8) is 0 Å². The van der Waals surface area contributed by atoms with Crippen molar-refractivity contribution >= 4 is 18.4 Å². The number of aliphatic imine (C=N–C) groups is 1. The normalized spacial score (nSPS) is 15.7. The van der Waals surface area contributed by atoms with E-state index in [1.165, 1.54) is 19.3 Å². The van der Waals surface area contributed by atoms with Crippen LogP contribution in [0.5, 0.6) is 0 Å². The van der Waals surface area contributed by atoms with E-state index in [-0.39, 0.29) is 0 Å². The molecule has 0 atom stereocenters.